The van der Waals surface area contributed by atoms with Crippen LogP contribution in [0.15, 0.2) is 35.2 Å². The highest BCUT2D eigenvalue weighted by atomic mass is 32.2. The average molecular weight is 227 g/mol. The summed E-state index contributed by atoms with van der Waals surface area (Å²) in [5, 5.41) is 2.90. The van der Waals surface area contributed by atoms with E-state index in [2.05, 4.69) is 5.32 Å². The van der Waals surface area contributed by atoms with E-state index in [0.29, 0.717) is 12.1 Å². The molecule has 0 spiro atoms. The fourth-order valence-corrected chi connectivity index (χ4v) is 1.84. The van der Waals surface area contributed by atoms with Crippen LogP contribution in [0.1, 0.15) is 5.56 Å². The Balaban J connectivity index is 3.08. The molecule has 0 aliphatic carbocycles. The van der Waals surface area contributed by atoms with E-state index in [4.69, 9.17) is 4.55 Å². The molecular formula is C10H13NO3S. The molecule has 0 radical (unpaired) electrons. The van der Waals surface area contributed by atoms with Gasteiger partial charge in [-0.25, -0.2) is 0 Å². The van der Waals surface area contributed by atoms with Crippen LogP contribution in [0.4, 0.5) is 0 Å². The minimum Gasteiger partial charge on any atom is -0.316 e. The van der Waals surface area contributed by atoms with E-state index in [-0.39, 0.29) is 4.90 Å². The first kappa shape index (κ1) is 11.9. The average Bonchev–Trinajstić information content (AvgIpc) is 2.17. The maximum absolute atomic E-state index is 11.0. The van der Waals surface area contributed by atoms with Crippen molar-refractivity contribution in [2.24, 2.45) is 0 Å². The van der Waals surface area contributed by atoms with Crippen molar-refractivity contribution in [2.45, 2.75) is 4.90 Å². The molecule has 0 atom stereocenters. The summed E-state index contributed by atoms with van der Waals surface area (Å²) in [5.74, 6) is 0. The molecule has 1 rings (SSSR count). The largest absolute Gasteiger partial charge is 0.316 e. The molecule has 82 valence electrons. The van der Waals surface area contributed by atoms with Crippen LogP contribution in [-0.2, 0) is 10.1 Å². The molecule has 5 heteroatoms. The topological polar surface area (TPSA) is 66.4 Å². The lowest BCUT2D eigenvalue weighted by molar-refractivity contribution is 0.483. The minimum absolute atomic E-state index is 0.0719. The number of rotatable bonds is 4. The van der Waals surface area contributed by atoms with Gasteiger partial charge in [0.1, 0.15) is 4.90 Å². The van der Waals surface area contributed by atoms with Crippen molar-refractivity contribution >= 4 is 16.2 Å². The second kappa shape index (κ2) is 5.06. The zero-order chi connectivity index (χ0) is 11.3. The van der Waals surface area contributed by atoms with Gasteiger partial charge >= 0.3 is 0 Å². The molecule has 1 aromatic carbocycles. The third kappa shape index (κ3) is 3.47. The molecule has 0 amide bonds. The smallest absolute Gasteiger partial charge is 0.295 e. The van der Waals surface area contributed by atoms with Crippen molar-refractivity contribution in [2.75, 3.05) is 13.6 Å². The number of likely N-dealkylation sites (N-methyl/N-ethyl adjacent to an activating group) is 1. The van der Waals surface area contributed by atoms with Crippen LogP contribution in [0, 0.1) is 0 Å². The fraction of sp³-hybridized carbons (Fsp3) is 0.200. The molecule has 0 unspecified atom stereocenters. The van der Waals surface area contributed by atoms with Gasteiger partial charge in [0.25, 0.3) is 10.1 Å². The Hall–Kier alpha value is -1.17. The van der Waals surface area contributed by atoms with Crippen molar-refractivity contribution in [3.05, 3.63) is 35.9 Å². The SMILES string of the molecule is CNCC=Cc1ccccc1S(=O)(=O)O. The summed E-state index contributed by atoms with van der Waals surface area (Å²) >= 11 is 0. The number of benzene rings is 1. The van der Waals surface area contributed by atoms with Gasteiger partial charge in [-0.05, 0) is 18.7 Å². The van der Waals surface area contributed by atoms with Crippen LogP contribution in [0.2, 0.25) is 0 Å². The lowest BCUT2D eigenvalue weighted by Crippen LogP contribution is -2.04. The lowest BCUT2D eigenvalue weighted by Gasteiger charge is -2.01. The van der Waals surface area contributed by atoms with Gasteiger partial charge in [-0.3, -0.25) is 4.55 Å². The molecule has 0 heterocycles. The summed E-state index contributed by atoms with van der Waals surface area (Å²) in [4.78, 5) is -0.0719. The van der Waals surface area contributed by atoms with Crippen LogP contribution in [-0.4, -0.2) is 26.6 Å². The van der Waals surface area contributed by atoms with Gasteiger partial charge in [0, 0.05) is 6.54 Å². The Morgan fingerprint density at radius 3 is 2.67 bits per heavy atom. The molecule has 1 aromatic rings. The zero-order valence-corrected chi connectivity index (χ0v) is 9.16. The second-order valence-corrected chi connectivity index (χ2v) is 4.36. The van der Waals surface area contributed by atoms with E-state index in [1.54, 1.807) is 37.4 Å². The number of hydrogen-bond acceptors (Lipinski definition) is 3. The van der Waals surface area contributed by atoms with Crippen LogP contribution in [0.5, 0.6) is 0 Å². The predicted octanol–water partition coefficient (Wildman–Crippen LogP) is 1.17. The van der Waals surface area contributed by atoms with Crippen molar-refractivity contribution in [1.29, 1.82) is 0 Å². The van der Waals surface area contributed by atoms with E-state index < -0.39 is 10.1 Å². The Labute approximate surface area is 89.4 Å². The van der Waals surface area contributed by atoms with Gasteiger partial charge in [-0.2, -0.15) is 8.42 Å². The molecule has 0 aliphatic heterocycles. The Kier molecular flexibility index (Phi) is 4.02. The fourth-order valence-electron chi connectivity index (χ4n) is 1.16. The maximum Gasteiger partial charge on any atom is 0.295 e. The summed E-state index contributed by atoms with van der Waals surface area (Å²) in [6.07, 6.45) is 3.43. The van der Waals surface area contributed by atoms with Crippen LogP contribution >= 0.6 is 0 Å². The van der Waals surface area contributed by atoms with E-state index in [1.165, 1.54) is 6.07 Å². The maximum atomic E-state index is 11.0. The Morgan fingerprint density at radius 2 is 2.07 bits per heavy atom. The standard InChI is InChI=1S/C10H13NO3S/c1-11-8-4-6-9-5-2-3-7-10(9)15(12,13)14/h2-7,11H,8H2,1H3,(H,12,13,14). The van der Waals surface area contributed by atoms with Crippen molar-refractivity contribution in [1.82, 2.24) is 5.32 Å². The molecule has 0 saturated carbocycles. The highest BCUT2D eigenvalue weighted by Crippen LogP contribution is 2.16. The molecule has 0 aromatic heterocycles. The number of nitrogens with one attached hydrogen (secondary N) is 1. The van der Waals surface area contributed by atoms with Crippen LogP contribution in [0.25, 0.3) is 6.08 Å². The highest BCUT2D eigenvalue weighted by Gasteiger charge is 2.12. The third-order valence-corrected chi connectivity index (χ3v) is 2.74. The van der Waals surface area contributed by atoms with Gasteiger partial charge in [-0.15, -0.1) is 0 Å². The Morgan fingerprint density at radius 1 is 1.40 bits per heavy atom. The Bertz CT molecular complexity index is 451. The molecule has 0 fully saturated rings. The first-order chi connectivity index (χ1) is 7.05. The molecule has 0 aliphatic rings. The summed E-state index contributed by atoms with van der Waals surface area (Å²) in [7, 11) is -2.35. The molecule has 2 N–H and O–H groups in total. The molecule has 0 saturated heterocycles. The van der Waals surface area contributed by atoms with Gasteiger partial charge in [0.05, 0.1) is 0 Å². The minimum atomic E-state index is -4.14. The summed E-state index contributed by atoms with van der Waals surface area (Å²) in [6.45, 7) is 0.639. The van der Waals surface area contributed by atoms with Crippen molar-refractivity contribution in [3.8, 4) is 0 Å². The van der Waals surface area contributed by atoms with Gasteiger partial charge < -0.3 is 5.32 Å². The number of hydrogen-bond donors (Lipinski definition) is 2. The van der Waals surface area contributed by atoms with Gasteiger partial charge in [-0.1, -0.05) is 30.4 Å². The summed E-state index contributed by atoms with van der Waals surface area (Å²) in [5.41, 5.74) is 0.482. The predicted molar refractivity (Wildman–Crippen MR) is 59.2 cm³/mol. The molecule has 0 bridgehead atoms. The quantitative estimate of drug-likeness (QED) is 0.758. The van der Waals surface area contributed by atoms with E-state index in [9.17, 15) is 8.42 Å². The molecule has 4 nitrogen and oxygen atoms in total. The normalized spacial score (nSPS) is 12.1. The first-order valence-electron chi connectivity index (χ1n) is 4.43. The van der Waals surface area contributed by atoms with Gasteiger partial charge in [0.2, 0.25) is 0 Å². The van der Waals surface area contributed by atoms with E-state index >= 15 is 0 Å². The van der Waals surface area contributed by atoms with Crippen LogP contribution in [0.3, 0.4) is 0 Å². The zero-order valence-electron chi connectivity index (χ0n) is 8.34. The highest BCUT2D eigenvalue weighted by molar-refractivity contribution is 7.85. The monoisotopic (exact) mass is 227 g/mol. The summed E-state index contributed by atoms with van der Waals surface area (Å²) < 4.78 is 30.9. The van der Waals surface area contributed by atoms with E-state index in [0.717, 1.165) is 0 Å². The first-order valence-corrected chi connectivity index (χ1v) is 5.87. The van der Waals surface area contributed by atoms with E-state index in [1.807, 2.05) is 0 Å². The van der Waals surface area contributed by atoms with Crippen molar-refractivity contribution in [3.63, 3.8) is 0 Å². The lowest BCUT2D eigenvalue weighted by atomic mass is 10.2. The van der Waals surface area contributed by atoms with Crippen LogP contribution < -0.4 is 5.32 Å². The second-order valence-electron chi connectivity index (χ2n) is 2.97. The molecule has 15 heavy (non-hydrogen) atoms. The van der Waals surface area contributed by atoms with Crippen molar-refractivity contribution < 1.29 is 13.0 Å². The summed E-state index contributed by atoms with van der Waals surface area (Å²) in [6, 6.07) is 6.29. The van der Waals surface area contributed by atoms with Gasteiger partial charge in [0.15, 0.2) is 0 Å². The molecular weight excluding hydrogens is 214 g/mol. The third-order valence-electron chi connectivity index (χ3n) is 1.82.